The summed E-state index contributed by atoms with van der Waals surface area (Å²) in [7, 11) is -2.38. The minimum atomic E-state index is -2.38. The van der Waals surface area contributed by atoms with Gasteiger partial charge in [-0.25, -0.2) is 4.98 Å². The van der Waals surface area contributed by atoms with Crippen molar-refractivity contribution in [2.45, 2.75) is 18.9 Å². The molecule has 0 bridgehead atoms. The zero-order valence-corrected chi connectivity index (χ0v) is 11.7. The van der Waals surface area contributed by atoms with Gasteiger partial charge < -0.3 is 5.11 Å². The Bertz CT molecular complexity index is 392. The Morgan fingerprint density at radius 1 is 1.29 bits per heavy atom. The molecule has 0 saturated carbocycles. The van der Waals surface area contributed by atoms with Crippen molar-refractivity contribution in [2.75, 3.05) is 11.5 Å². The molecule has 0 spiro atoms. The van der Waals surface area contributed by atoms with Crippen LogP contribution < -0.4 is 0 Å². The Morgan fingerprint density at radius 3 is 2.53 bits per heavy atom. The van der Waals surface area contributed by atoms with Crippen molar-refractivity contribution in [2.24, 2.45) is 5.92 Å². The molecule has 2 rings (SSSR count). The summed E-state index contributed by atoms with van der Waals surface area (Å²) < 4.78 is 19.7. The minimum Gasteiger partial charge on any atom is -0.387 e. The van der Waals surface area contributed by atoms with E-state index in [2.05, 4.69) is 20.9 Å². The summed E-state index contributed by atoms with van der Waals surface area (Å²) in [5.41, 5.74) is 0.641. The first kappa shape index (κ1) is 13.3. The van der Waals surface area contributed by atoms with Crippen molar-refractivity contribution in [3.8, 4) is 0 Å². The SMILES string of the molecule is OC(c1cccc(Br)n1)C1CCS(O)(O)CC1. The second kappa shape index (κ2) is 5.24. The lowest BCUT2D eigenvalue weighted by molar-refractivity contribution is 0.0967. The van der Waals surface area contributed by atoms with Crippen LogP contribution in [0.25, 0.3) is 0 Å². The van der Waals surface area contributed by atoms with Crippen LogP contribution in [0.4, 0.5) is 0 Å². The van der Waals surface area contributed by atoms with Gasteiger partial charge in [0.2, 0.25) is 0 Å². The Labute approximate surface area is 111 Å². The molecule has 2 heterocycles. The number of rotatable bonds is 2. The largest absolute Gasteiger partial charge is 0.387 e. The molecule has 1 atom stereocenters. The first-order chi connectivity index (χ1) is 7.98. The van der Waals surface area contributed by atoms with Gasteiger partial charge in [-0.3, -0.25) is 9.11 Å². The van der Waals surface area contributed by atoms with E-state index in [4.69, 9.17) is 0 Å². The fraction of sp³-hybridized carbons (Fsp3) is 0.545. The molecule has 6 heteroatoms. The highest BCUT2D eigenvalue weighted by Crippen LogP contribution is 2.48. The minimum absolute atomic E-state index is 0.0664. The molecule has 1 fully saturated rings. The lowest BCUT2D eigenvalue weighted by Crippen LogP contribution is -2.25. The van der Waals surface area contributed by atoms with Gasteiger partial charge in [-0.15, -0.1) is 0 Å². The van der Waals surface area contributed by atoms with Crippen LogP contribution in [0, 0.1) is 5.92 Å². The smallest absolute Gasteiger partial charge is 0.106 e. The topological polar surface area (TPSA) is 73.6 Å². The van der Waals surface area contributed by atoms with Crippen molar-refractivity contribution >= 4 is 26.5 Å². The number of aromatic nitrogens is 1. The molecule has 0 aromatic carbocycles. The zero-order chi connectivity index (χ0) is 12.5. The van der Waals surface area contributed by atoms with E-state index in [0.717, 1.165) is 0 Å². The summed E-state index contributed by atoms with van der Waals surface area (Å²) in [6, 6.07) is 5.45. The Hall–Kier alpha value is -0.140. The molecular weight excluding hydrogens is 306 g/mol. The summed E-state index contributed by atoms with van der Waals surface area (Å²) in [5.74, 6) is 0.850. The van der Waals surface area contributed by atoms with Gasteiger partial charge in [-0.05, 0) is 46.8 Å². The molecular formula is C11H16BrNO3S. The van der Waals surface area contributed by atoms with Gasteiger partial charge in [0.15, 0.2) is 0 Å². The molecule has 3 N–H and O–H groups in total. The van der Waals surface area contributed by atoms with Crippen molar-refractivity contribution in [3.05, 3.63) is 28.5 Å². The molecule has 1 aliphatic rings. The number of nitrogens with zero attached hydrogens (tertiary/aromatic N) is 1. The predicted octanol–water partition coefficient (Wildman–Crippen LogP) is 3.04. The van der Waals surface area contributed by atoms with Crippen LogP contribution in [-0.4, -0.2) is 30.7 Å². The van der Waals surface area contributed by atoms with E-state index in [-0.39, 0.29) is 5.92 Å². The third kappa shape index (κ3) is 3.42. The van der Waals surface area contributed by atoms with Crippen LogP contribution in [0.5, 0.6) is 0 Å². The highest BCUT2D eigenvalue weighted by Gasteiger charge is 2.30. The van der Waals surface area contributed by atoms with Crippen LogP contribution in [0.3, 0.4) is 0 Å². The molecule has 1 unspecified atom stereocenters. The number of aliphatic hydroxyl groups is 1. The van der Waals surface area contributed by atoms with Gasteiger partial charge in [0.05, 0.1) is 11.8 Å². The summed E-state index contributed by atoms with van der Waals surface area (Å²) in [5, 5.41) is 10.2. The van der Waals surface area contributed by atoms with Crippen LogP contribution in [0.15, 0.2) is 22.8 Å². The maximum Gasteiger partial charge on any atom is 0.106 e. The lowest BCUT2D eigenvalue weighted by Gasteiger charge is -2.40. The quantitative estimate of drug-likeness (QED) is 0.732. The highest BCUT2D eigenvalue weighted by molar-refractivity contribution is 9.10. The van der Waals surface area contributed by atoms with Gasteiger partial charge in [0, 0.05) is 11.5 Å². The molecule has 1 aromatic heterocycles. The zero-order valence-electron chi connectivity index (χ0n) is 9.29. The van der Waals surface area contributed by atoms with Crippen molar-refractivity contribution < 1.29 is 14.2 Å². The second-order valence-corrected chi connectivity index (χ2v) is 7.61. The number of pyridine rings is 1. The maximum atomic E-state index is 10.2. The molecule has 0 radical (unpaired) electrons. The molecule has 1 aromatic rings. The first-order valence-electron chi connectivity index (χ1n) is 5.52. The van der Waals surface area contributed by atoms with Crippen molar-refractivity contribution in [1.29, 1.82) is 0 Å². The van der Waals surface area contributed by atoms with E-state index in [1.165, 1.54) is 0 Å². The Balaban J connectivity index is 2.04. The molecule has 0 amide bonds. The van der Waals surface area contributed by atoms with Gasteiger partial charge in [0.1, 0.15) is 4.60 Å². The van der Waals surface area contributed by atoms with Crippen LogP contribution in [-0.2, 0) is 0 Å². The number of hydrogen-bond acceptors (Lipinski definition) is 4. The standard InChI is InChI=1S/C11H16BrNO3S/c12-10-3-1-2-9(13-10)11(14)8-4-6-17(15,16)7-5-8/h1-3,8,11,14-16H,4-7H2. The highest BCUT2D eigenvalue weighted by atomic mass is 79.9. The fourth-order valence-corrected chi connectivity index (χ4v) is 3.99. The second-order valence-electron chi connectivity index (χ2n) is 4.38. The molecule has 0 aliphatic carbocycles. The lowest BCUT2D eigenvalue weighted by atomic mass is 9.93. The number of hydrogen-bond donors (Lipinski definition) is 3. The van der Waals surface area contributed by atoms with Gasteiger partial charge >= 0.3 is 0 Å². The molecule has 1 aliphatic heterocycles. The molecule has 4 nitrogen and oxygen atoms in total. The maximum absolute atomic E-state index is 10.2. The number of halogens is 1. The van der Waals surface area contributed by atoms with Crippen LogP contribution in [0.1, 0.15) is 24.6 Å². The third-order valence-corrected chi connectivity index (χ3v) is 5.34. The average molecular weight is 322 g/mol. The average Bonchev–Trinajstić information content (AvgIpc) is 2.28. The van der Waals surface area contributed by atoms with Gasteiger partial charge in [-0.1, -0.05) is 6.07 Å². The summed E-state index contributed by atoms with van der Waals surface area (Å²) >= 11 is 3.27. The van der Waals surface area contributed by atoms with Gasteiger partial charge in [0.25, 0.3) is 0 Å². The summed E-state index contributed by atoms with van der Waals surface area (Å²) in [6.45, 7) is 0. The third-order valence-electron chi connectivity index (χ3n) is 3.12. The van der Waals surface area contributed by atoms with Crippen molar-refractivity contribution in [3.63, 3.8) is 0 Å². The number of aliphatic hydroxyl groups excluding tert-OH is 1. The molecule has 96 valence electrons. The molecule has 1 saturated heterocycles. The van der Waals surface area contributed by atoms with E-state index in [0.29, 0.717) is 34.6 Å². The van der Waals surface area contributed by atoms with E-state index in [9.17, 15) is 14.2 Å². The van der Waals surface area contributed by atoms with E-state index in [1.807, 2.05) is 12.1 Å². The summed E-state index contributed by atoms with van der Waals surface area (Å²) in [6.07, 6.45) is 0.651. The fourth-order valence-electron chi connectivity index (χ4n) is 2.07. The van der Waals surface area contributed by atoms with E-state index >= 15 is 0 Å². The predicted molar refractivity (Wildman–Crippen MR) is 72.2 cm³/mol. The van der Waals surface area contributed by atoms with Crippen molar-refractivity contribution in [1.82, 2.24) is 4.98 Å². The Morgan fingerprint density at radius 2 is 1.94 bits per heavy atom. The van der Waals surface area contributed by atoms with E-state index < -0.39 is 16.7 Å². The van der Waals surface area contributed by atoms with E-state index in [1.54, 1.807) is 6.07 Å². The molecule has 17 heavy (non-hydrogen) atoms. The normalized spacial score (nSPS) is 24.2. The first-order valence-corrected chi connectivity index (χ1v) is 8.20. The summed E-state index contributed by atoms with van der Waals surface area (Å²) in [4.78, 5) is 4.23. The monoisotopic (exact) mass is 321 g/mol. The van der Waals surface area contributed by atoms with Crippen LogP contribution >= 0.6 is 26.5 Å². The van der Waals surface area contributed by atoms with Gasteiger partial charge in [-0.2, -0.15) is 10.6 Å². The Kier molecular flexibility index (Phi) is 4.10. The van der Waals surface area contributed by atoms with Crippen LogP contribution in [0.2, 0.25) is 0 Å².